The molecule has 0 radical (unpaired) electrons. The monoisotopic (exact) mass is 409 g/mol. The Kier molecular flexibility index (Phi) is 6.80. The number of carbonyl (C=O) groups is 2. The Bertz CT molecular complexity index is 756. The Morgan fingerprint density at radius 1 is 1.24 bits per heavy atom. The zero-order valence-corrected chi connectivity index (χ0v) is 18.1. The lowest BCUT2D eigenvalue weighted by Gasteiger charge is -2.32. The Morgan fingerprint density at radius 2 is 1.90 bits per heavy atom. The van der Waals surface area contributed by atoms with E-state index in [0.717, 1.165) is 0 Å². The molecule has 1 saturated heterocycles. The summed E-state index contributed by atoms with van der Waals surface area (Å²) < 4.78 is 22.2. The van der Waals surface area contributed by atoms with Crippen molar-refractivity contribution in [3.8, 4) is 11.5 Å². The minimum Gasteiger partial charge on any atom is -0.497 e. The number of methoxy groups -OCH3 is 2. The summed E-state index contributed by atoms with van der Waals surface area (Å²) in [5, 5.41) is 12.9. The van der Waals surface area contributed by atoms with Crippen molar-refractivity contribution in [2.75, 3.05) is 14.2 Å². The number of nitrogens with one attached hydrogen (secondary N) is 1. The molecule has 1 aliphatic heterocycles. The van der Waals surface area contributed by atoms with Gasteiger partial charge < -0.3 is 24.1 Å². The number of carbonyl (C=O) groups excluding carboxylic acids is 1. The second-order valence-corrected chi connectivity index (χ2v) is 8.51. The van der Waals surface area contributed by atoms with E-state index in [0.29, 0.717) is 23.5 Å². The SMILES string of the molecule is COc1ccc(C2(C(=O)OC(C)(C)C)NC(CC(C)C)C(C(=O)O)O2)c(OC)c1. The predicted molar refractivity (Wildman–Crippen MR) is 106 cm³/mol. The molecular formula is C21H31NO7. The van der Waals surface area contributed by atoms with E-state index < -0.39 is 35.4 Å². The first-order valence-corrected chi connectivity index (χ1v) is 9.57. The van der Waals surface area contributed by atoms with Gasteiger partial charge in [-0.15, -0.1) is 0 Å². The van der Waals surface area contributed by atoms with Crippen molar-refractivity contribution in [3.63, 3.8) is 0 Å². The summed E-state index contributed by atoms with van der Waals surface area (Å²) in [5.74, 6) is -0.856. The highest BCUT2D eigenvalue weighted by Gasteiger charge is 2.57. The van der Waals surface area contributed by atoms with Crippen LogP contribution in [0.1, 0.15) is 46.6 Å². The molecule has 1 aromatic carbocycles. The molecule has 2 N–H and O–H groups in total. The molecule has 162 valence electrons. The molecule has 0 spiro atoms. The molecule has 3 unspecified atom stereocenters. The van der Waals surface area contributed by atoms with Gasteiger partial charge in [-0.05, 0) is 45.2 Å². The molecule has 1 fully saturated rings. The van der Waals surface area contributed by atoms with E-state index >= 15 is 0 Å². The average molecular weight is 409 g/mol. The maximum atomic E-state index is 13.3. The van der Waals surface area contributed by atoms with E-state index in [1.54, 1.807) is 39.0 Å². The van der Waals surface area contributed by atoms with Gasteiger partial charge in [-0.1, -0.05) is 13.8 Å². The lowest BCUT2D eigenvalue weighted by molar-refractivity contribution is -0.189. The molecule has 0 aliphatic carbocycles. The molecular weight excluding hydrogens is 378 g/mol. The maximum absolute atomic E-state index is 13.3. The van der Waals surface area contributed by atoms with E-state index in [9.17, 15) is 14.7 Å². The standard InChI is InChI=1S/C21H31NO7/c1-12(2)10-15-17(18(23)24)28-21(22-15,19(25)29-20(3,4)5)14-9-8-13(26-6)11-16(14)27-7/h8-9,11-12,15,17,22H,10H2,1-7H3,(H,23,24). The van der Waals surface area contributed by atoms with Crippen LogP contribution in [0.5, 0.6) is 11.5 Å². The first-order chi connectivity index (χ1) is 13.4. The van der Waals surface area contributed by atoms with Crippen molar-refractivity contribution in [3.05, 3.63) is 23.8 Å². The van der Waals surface area contributed by atoms with Crippen molar-refractivity contribution in [1.82, 2.24) is 5.32 Å². The molecule has 2 rings (SSSR count). The summed E-state index contributed by atoms with van der Waals surface area (Å²) in [6.45, 7) is 9.15. The lowest BCUT2D eigenvalue weighted by atomic mass is 9.97. The summed E-state index contributed by atoms with van der Waals surface area (Å²) in [6, 6.07) is 4.29. The predicted octanol–water partition coefficient (Wildman–Crippen LogP) is 2.69. The molecule has 0 amide bonds. The van der Waals surface area contributed by atoms with Gasteiger partial charge in [0.15, 0.2) is 6.10 Å². The number of carboxylic acids is 1. The van der Waals surface area contributed by atoms with Crippen molar-refractivity contribution < 1.29 is 33.6 Å². The zero-order chi connectivity index (χ0) is 22.0. The number of hydrogen-bond donors (Lipinski definition) is 2. The smallest absolute Gasteiger partial charge is 0.359 e. The number of aliphatic carboxylic acids is 1. The Balaban J connectivity index is 2.62. The molecule has 0 aromatic heterocycles. The minimum absolute atomic E-state index is 0.185. The van der Waals surface area contributed by atoms with E-state index in [1.165, 1.54) is 14.2 Å². The minimum atomic E-state index is -1.83. The third-order valence-corrected chi connectivity index (χ3v) is 4.50. The highest BCUT2D eigenvalue weighted by molar-refractivity contribution is 5.85. The van der Waals surface area contributed by atoms with Gasteiger partial charge >= 0.3 is 11.9 Å². The van der Waals surface area contributed by atoms with E-state index in [-0.39, 0.29) is 5.92 Å². The maximum Gasteiger partial charge on any atom is 0.359 e. The summed E-state index contributed by atoms with van der Waals surface area (Å²) in [6.07, 6.45) is -0.725. The number of esters is 1. The van der Waals surface area contributed by atoms with Crippen LogP contribution in [0.15, 0.2) is 18.2 Å². The summed E-state index contributed by atoms with van der Waals surface area (Å²) in [5.41, 5.74) is -2.30. The van der Waals surface area contributed by atoms with Crippen LogP contribution < -0.4 is 14.8 Å². The first kappa shape index (κ1) is 23.0. The van der Waals surface area contributed by atoms with Gasteiger partial charge in [-0.25, -0.2) is 9.59 Å². The third kappa shape index (κ3) is 5.00. The fourth-order valence-corrected chi connectivity index (χ4v) is 3.35. The van der Waals surface area contributed by atoms with Gasteiger partial charge in [-0.2, -0.15) is 0 Å². The van der Waals surface area contributed by atoms with E-state index in [1.807, 2.05) is 13.8 Å². The van der Waals surface area contributed by atoms with Gasteiger partial charge in [0.05, 0.1) is 19.8 Å². The second-order valence-electron chi connectivity index (χ2n) is 8.51. The van der Waals surface area contributed by atoms with Gasteiger partial charge in [0.25, 0.3) is 0 Å². The summed E-state index contributed by atoms with van der Waals surface area (Å²) in [7, 11) is 2.97. The number of hydrogen-bond acceptors (Lipinski definition) is 7. The molecule has 29 heavy (non-hydrogen) atoms. The van der Waals surface area contributed by atoms with Crippen LogP contribution in [0.4, 0.5) is 0 Å². The van der Waals surface area contributed by atoms with Crippen LogP contribution in [0, 0.1) is 5.92 Å². The first-order valence-electron chi connectivity index (χ1n) is 9.57. The molecule has 1 aromatic rings. The number of rotatable bonds is 7. The molecule has 1 heterocycles. The Morgan fingerprint density at radius 3 is 2.38 bits per heavy atom. The van der Waals surface area contributed by atoms with E-state index in [4.69, 9.17) is 18.9 Å². The highest BCUT2D eigenvalue weighted by atomic mass is 16.6. The molecule has 8 nitrogen and oxygen atoms in total. The second kappa shape index (κ2) is 8.59. The summed E-state index contributed by atoms with van der Waals surface area (Å²) in [4.78, 5) is 25.2. The molecule has 0 bridgehead atoms. The van der Waals surface area contributed by atoms with Crippen molar-refractivity contribution in [1.29, 1.82) is 0 Å². The molecule has 8 heteroatoms. The van der Waals surface area contributed by atoms with Crippen LogP contribution in [0.3, 0.4) is 0 Å². The van der Waals surface area contributed by atoms with Crippen LogP contribution in [0.25, 0.3) is 0 Å². The third-order valence-electron chi connectivity index (χ3n) is 4.50. The topological polar surface area (TPSA) is 103 Å². The fraction of sp³-hybridized carbons (Fsp3) is 0.619. The zero-order valence-electron chi connectivity index (χ0n) is 18.1. The largest absolute Gasteiger partial charge is 0.497 e. The van der Waals surface area contributed by atoms with Gasteiger partial charge in [-0.3, -0.25) is 5.32 Å². The normalized spacial score (nSPS) is 24.4. The van der Waals surface area contributed by atoms with Gasteiger partial charge in [0, 0.05) is 12.1 Å². The van der Waals surface area contributed by atoms with E-state index in [2.05, 4.69) is 5.32 Å². The van der Waals surface area contributed by atoms with Crippen LogP contribution in [0.2, 0.25) is 0 Å². The number of carboxylic acid groups (broad SMARTS) is 1. The quantitative estimate of drug-likeness (QED) is 0.663. The van der Waals surface area contributed by atoms with Crippen molar-refractivity contribution in [2.45, 2.75) is 64.5 Å². The van der Waals surface area contributed by atoms with Crippen molar-refractivity contribution >= 4 is 11.9 Å². The number of benzene rings is 1. The molecule has 0 saturated carbocycles. The lowest BCUT2D eigenvalue weighted by Crippen LogP contribution is -2.51. The average Bonchev–Trinajstić information content (AvgIpc) is 2.99. The van der Waals surface area contributed by atoms with Crippen LogP contribution >= 0.6 is 0 Å². The van der Waals surface area contributed by atoms with Crippen molar-refractivity contribution in [2.24, 2.45) is 5.92 Å². The highest BCUT2D eigenvalue weighted by Crippen LogP contribution is 2.41. The summed E-state index contributed by atoms with van der Waals surface area (Å²) >= 11 is 0. The molecule has 1 aliphatic rings. The number of ether oxygens (including phenoxy) is 4. The van der Waals surface area contributed by atoms with Gasteiger partial charge in [0.2, 0.25) is 5.72 Å². The van der Waals surface area contributed by atoms with Gasteiger partial charge in [0.1, 0.15) is 17.1 Å². The fourth-order valence-electron chi connectivity index (χ4n) is 3.35. The Hall–Kier alpha value is -2.32. The van der Waals surface area contributed by atoms with Crippen LogP contribution in [-0.4, -0.2) is 49.0 Å². The molecule has 3 atom stereocenters. The Labute approximate surface area is 171 Å². The van der Waals surface area contributed by atoms with Crippen LogP contribution in [-0.2, 0) is 24.8 Å².